The molecule has 2 aliphatic rings. The van der Waals surface area contributed by atoms with Crippen LogP contribution < -0.4 is 0 Å². The second-order valence-electron chi connectivity index (χ2n) is 7.83. The summed E-state index contributed by atoms with van der Waals surface area (Å²) in [7, 11) is 0.533. The van der Waals surface area contributed by atoms with E-state index >= 15 is 0 Å². The van der Waals surface area contributed by atoms with E-state index in [1.54, 1.807) is 0 Å². The van der Waals surface area contributed by atoms with Crippen LogP contribution in [0.15, 0.2) is 9.49 Å². The Kier molecular flexibility index (Phi) is 9.15. The first-order valence-electron chi connectivity index (χ1n) is 9.98. The van der Waals surface area contributed by atoms with Gasteiger partial charge >= 0.3 is 165 Å². The van der Waals surface area contributed by atoms with E-state index in [9.17, 15) is 0 Å². The zero-order valence-electron chi connectivity index (χ0n) is 17.2. The summed E-state index contributed by atoms with van der Waals surface area (Å²) in [5, 5.41) is 15.0. The van der Waals surface area contributed by atoms with Gasteiger partial charge in [-0.1, -0.05) is 0 Å². The van der Waals surface area contributed by atoms with Gasteiger partial charge in [-0.05, 0) is 0 Å². The van der Waals surface area contributed by atoms with E-state index in [1.165, 1.54) is 0 Å². The molecular formula is C18H34N4O3P2+2. The maximum absolute atomic E-state index is 7.56. The molecule has 152 valence electrons. The molecular weight excluding hydrogens is 382 g/mol. The molecule has 0 aromatic rings. The normalized spacial score (nSPS) is 45.1. The zero-order chi connectivity index (χ0) is 20.1. The minimum atomic E-state index is -0.466. The van der Waals surface area contributed by atoms with Crippen molar-refractivity contribution in [3.63, 3.8) is 0 Å². The number of rotatable bonds is 6. The molecule has 0 bridgehead atoms. The van der Waals surface area contributed by atoms with Gasteiger partial charge in [0.25, 0.3) is 0 Å². The summed E-state index contributed by atoms with van der Waals surface area (Å²) < 4.78 is 27.9. The van der Waals surface area contributed by atoms with E-state index in [-0.39, 0.29) is 64.7 Å². The molecule has 2 fully saturated rings. The Hall–Kier alpha value is -0.0600. The predicted molar refractivity (Wildman–Crippen MR) is 108 cm³/mol. The van der Waals surface area contributed by atoms with Crippen LogP contribution in [0.1, 0.15) is 54.4 Å². The van der Waals surface area contributed by atoms with Crippen LogP contribution in [0.25, 0.3) is 0 Å². The van der Waals surface area contributed by atoms with Gasteiger partial charge in [-0.25, -0.2) is 0 Å². The summed E-state index contributed by atoms with van der Waals surface area (Å²) in [4.78, 5) is 0. The minimum absolute atomic E-state index is 0.0236. The Labute approximate surface area is 165 Å². The standard InChI is InChI=1S/C18H34N4O3P2/c1-7-13-9(3)10(4)16(22-27-20)18(24-13)25-17-11(5)15(21-26-19)12(6)23-14(17)8-2/h9-20H,7-8H2,1-6H3/q+2/t9-,10?,11+,12-,13?,14?,15?,16?,17-,18-/m0/s1. The van der Waals surface area contributed by atoms with Gasteiger partial charge in [0.15, 0.2) is 0 Å². The predicted octanol–water partition coefficient (Wildman–Crippen LogP) is 6.13. The molecule has 2 saturated heterocycles. The Morgan fingerprint density at radius 1 is 0.815 bits per heavy atom. The first-order chi connectivity index (χ1) is 12.9. The monoisotopic (exact) mass is 416 g/mol. The van der Waals surface area contributed by atoms with Crippen LogP contribution in [0.2, 0.25) is 0 Å². The zero-order valence-corrected chi connectivity index (χ0v) is 19.0. The molecule has 0 aromatic heterocycles. The van der Waals surface area contributed by atoms with Gasteiger partial charge in [0.2, 0.25) is 0 Å². The third kappa shape index (κ3) is 5.11. The van der Waals surface area contributed by atoms with Crippen LogP contribution in [0.5, 0.6) is 0 Å². The molecule has 0 amide bonds. The fourth-order valence-corrected chi connectivity index (χ4v) is 5.42. The molecule has 0 aromatic carbocycles. The average Bonchev–Trinajstić information content (AvgIpc) is 2.66. The van der Waals surface area contributed by atoms with Crippen molar-refractivity contribution in [2.75, 3.05) is 0 Å². The molecule has 10 atom stereocenters. The van der Waals surface area contributed by atoms with Gasteiger partial charge in [-0.3, -0.25) is 0 Å². The summed E-state index contributed by atoms with van der Waals surface area (Å²) in [5.41, 5.74) is 0. The molecule has 27 heavy (non-hydrogen) atoms. The molecule has 5 unspecified atom stereocenters. The van der Waals surface area contributed by atoms with Crippen LogP contribution in [0, 0.1) is 28.1 Å². The number of nitrogens with zero attached hydrogens (tertiary/aromatic N) is 2. The van der Waals surface area contributed by atoms with E-state index in [0.29, 0.717) is 5.92 Å². The van der Waals surface area contributed by atoms with Crippen LogP contribution >= 0.6 is 16.3 Å². The van der Waals surface area contributed by atoms with Crippen LogP contribution in [-0.2, 0) is 14.2 Å². The maximum atomic E-state index is 7.56. The van der Waals surface area contributed by atoms with Crippen molar-refractivity contribution < 1.29 is 14.2 Å². The SMILES string of the molecule is CCC1O[C@@H](O[C@@H]2C(CC)O[C@@H](C)C(N=[P+]=N)[C@H]2C)C(N=[P+]=N)C(C)[C@@H]1C. The quantitative estimate of drug-likeness (QED) is 0.509. The summed E-state index contributed by atoms with van der Waals surface area (Å²) in [6.45, 7) is 12.8. The van der Waals surface area contributed by atoms with Gasteiger partial charge in [0.1, 0.15) is 0 Å². The van der Waals surface area contributed by atoms with Gasteiger partial charge in [-0.2, -0.15) is 0 Å². The number of hydrogen-bond acceptors (Lipinski definition) is 7. The van der Waals surface area contributed by atoms with E-state index in [4.69, 9.17) is 24.5 Å². The molecule has 2 aliphatic heterocycles. The first kappa shape index (κ1) is 23.2. The van der Waals surface area contributed by atoms with E-state index in [2.05, 4.69) is 44.1 Å². The summed E-state index contributed by atoms with van der Waals surface area (Å²) in [6.07, 6.45) is 1.22. The molecule has 2 heterocycles. The molecule has 0 radical (unpaired) electrons. The van der Waals surface area contributed by atoms with E-state index < -0.39 is 6.29 Å². The van der Waals surface area contributed by atoms with Gasteiger partial charge in [0, 0.05) is 0 Å². The van der Waals surface area contributed by atoms with Crippen molar-refractivity contribution in [1.29, 1.82) is 10.3 Å². The Bertz CT molecular complexity index is 597. The van der Waals surface area contributed by atoms with E-state index in [1.807, 2.05) is 6.92 Å². The first-order valence-corrected chi connectivity index (χ1v) is 11.7. The van der Waals surface area contributed by atoms with Gasteiger partial charge < -0.3 is 0 Å². The second kappa shape index (κ2) is 10.6. The molecule has 2 rings (SSSR count). The average molecular weight is 416 g/mol. The third-order valence-corrected chi connectivity index (χ3v) is 7.08. The Balaban J connectivity index is 2.28. The van der Waals surface area contributed by atoms with Crippen LogP contribution in [0.3, 0.4) is 0 Å². The molecule has 0 spiro atoms. The molecule has 0 saturated carbocycles. The van der Waals surface area contributed by atoms with E-state index in [0.717, 1.165) is 12.8 Å². The van der Waals surface area contributed by atoms with Gasteiger partial charge in [-0.15, -0.1) is 0 Å². The Morgan fingerprint density at radius 2 is 1.41 bits per heavy atom. The van der Waals surface area contributed by atoms with Crippen molar-refractivity contribution in [2.45, 2.75) is 97.2 Å². The van der Waals surface area contributed by atoms with Crippen molar-refractivity contribution in [3.05, 3.63) is 0 Å². The summed E-state index contributed by atoms with van der Waals surface area (Å²) in [5.74, 6) is 0.791. The van der Waals surface area contributed by atoms with Gasteiger partial charge in [0.05, 0.1) is 0 Å². The second-order valence-corrected chi connectivity index (χ2v) is 8.69. The number of ether oxygens (including phenoxy) is 3. The fraction of sp³-hybridized carbons (Fsp3) is 1.00. The topological polar surface area (TPSA) is 100 Å². The number of nitrogens with one attached hydrogen (secondary N) is 2. The molecule has 7 nitrogen and oxygen atoms in total. The van der Waals surface area contributed by atoms with Crippen molar-refractivity contribution in [1.82, 2.24) is 0 Å². The molecule has 2 N–H and O–H groups in total. The van der Waals surface area contributed by atoms with Crippen molar-refractivity contribution >= 4 is 16.3 Å². The molecule has 9 heteroatoms. The third-order valence-electron chi connectivity index (χ3n) is 6.31. The summed E-state index contributed by atoms with van der Waals surface area (Å²) >= 11 is 0. The fourth-order valence-electron chi connectivity index (χ4n) is 4.44. The molecule has 0 aliphatic carbocycles. The summed E-state index contributed by atoms with van der Waals surface area (Å²) in [6, 6.07) is -0.223. The number of hydrogen-bond donors (Lipinski definition) is 2. The van der Waals surface area contributed by atoms with Crippen LogP contribution in [-0.4, -0.2) is 42.8 Å². The Morgan fingerprint density at radius 3 is 1.96 bits per heavy atom. The van der Waals surface area contributed by atoms with Crippen molar-refractivity contribution in [2.24, 2.45) is 27.2 Å². The van der Waals surface area contributed by atoms with Crippen molar-refractivity contribution in [3.8, 4) is 0 Å². The van der Waals surface area contributed by atoms with Crippen LogP contribution in [0.4, 0.5) is 0 Å².